The minimum atomic E-state index is -0.502. The van der Waals surface area contributed by atoms with Crippen LogP contribution in [0.25, 0.3) is 0 Å². The van der Waals surface area contributed by atoms with Crippen LogP contribution >= 0.6 is 0 Å². The number of hydrogen-bond donors (Lipinski definition) is 0. The van der Waals surface area contributed by atoms with E-state index in [1.165, 1.54) is 0 Å². The number of carbonyl (C=O) groups is 2. The number of rotatable bonds is 2. The second-order valence-electron chi connectivity index (χ2n) is 6.32. The molecule has 0 spiro atoms. The van der Waals surface area contributed by atoms with Crippen LogP contribution < -0.4 is 0 Å². The topological polar surface area (TPSA) is 55.8 Å². The lowest BCUT2D eigenvalue weighted by Gasteiger charge is -2.30. The molecule has 5 nitrogen and oxygen atoms in total. The minimum absolute atomic E-state index is 0.0427. The molecule has 3 atom stereocenters. The number of fused-ring (bicyclic) bond motifs is 2. The lowest BCUT2D eigenvalue weighted by atomic mass is 9.99. The maximum absolute atomic E-state index is 12.1. The Balaban J connectivity index is 2.03. The van der Waals surface area contributed by atoms with E-state index < -0.39 is 5.60 Å². The highest BCUT2D eigenvalue weighted by Gasteiger charge is 2.53. The Labute approximate surface area is 114 Å². The molecule has 19 heavy (non-hydrogen) atoms. The summed E-state index contributed by atoms with van der Waals surface area (Å²) in [4.78, 5) is 25.8. The fourth-order valence-corrected chi connectivity index (χ4v) is 3.12. The van der Waals surface area contributed by atoms with Crippen molar-refractivity contribution in [1.29, 1.82) is 0 Å². The van der Waals surface area contributed by atoms with Crippen molar-refractivity contribution in [2.75, 3.05) is 13.2 Å². The summed E-state index contributed by atoms with van der Waals surface area (Å²) in [5.41, 5.74) is -0.502. The number of nitrogens with zero attached hydrogens (tertiary/aromatic N) is 1. The van der Waals surface area contributed by atoms with E-state index in [1.807, 2.05) is 20.8 Å². The van der Waals surface area contributed by atoms with E-state index in [0.717, 1.165) is 12.8 Å². The highest BCUT2D eigenvalue weighted by Crippen LogP contribution is 2.43. The van der Waals surface area contributed by atoms with Gasteiger partial charge in [0.15, 0.2) is 0 Å². The molecule has 5 heteroatoms. The lowest BCUT2D eigenvalue weighted by Crippen LogP contribution is -2.42. The van der Waals surface area contributed by atoms with Gasteiger partial charge in [-0.2, -0.15) is 0 Å². The van der Waals surface area contributed by atoms with E-state index in [9.17, 15) is 9.59 Å². The molecule has 0 unspecified atom stereocenters. The van der Waals surface area contributed by atoms with E-state index in [0.29, 0.717) is 13.2 Å². The Morgan fingerprint density at radius 3 is 2.53 bits per heavy atom. The first-order valence-electron chi connectivity index (χ1n) is 6.99. The molecule has 0 aromatic rings. The number of amides is 1. The van der Waals surface area contributed by atoms with Crippen molar-refractivity contribution in [3.05, 3.63) is 0 Å². The molecule has 1 heterocycles. The predicted molar refractivity (Wildman–Crippen MR) is 69.6 cm³/mol. The van der Waals surface area contributed by atoms with Crippen molar-refractivity contribution in [3.8, 4) is 0 Å². The van der Waals surface area contributed by atoms with Gasteiger partial charge in [-0.3, -0.25) is 4.79 Å². The maximum Gasteiger partial charge on any atom is 0.410 e. The molecular weight excluding hydrogens is 246 g/mol. The maximum atomic E-state index is 12.1. The summed E-state index contributed by atoms with van der Waals surface area (Å²) in [5.74, 6) is -0.0925. The van der Waals surface area contributed by atoms with Gasteiger partial charge >= 0.3 is 12.1 Å². The number of esters is 1. The monoisotopic (exact) mass is 269 g/mol. The summed E-state index contributed by atoms with van der Waals surface area (Å²) < 4.78 is 10.5. The van der Waals surface area contributed by atoms with Gasteiger partial charge in [-0.15, -0.1) is 0 Å². The normalized spacial score (nSPS) is 29.5. The van der Waals surface area contributed by atoms with Crippen LogP contribution in [-0.2, 0) is 14.3 Å². The fourth-order valence-electron chi connectivity index (χ4n) is 3.12. The molecule has 2 fully saturated rings. The Morgan fingerprint density at radius 1 is 1.26 bits per heavy atom. The summed E-state index contributed by atoms with van der Waals surface area (Å²) in [6.45, 7) is 8.36. The van der Waals surface area contributed by atoms with Crippen molar-refractivity contribution in [1.82, 2.24) is 4.90 Å². The van der Waals surface area contributed by atoms with E-state index in [2.05, 4.69) is 0 Å². The summed E-state index contributed by atoms with van der Waals surface area (Å²) in [7, 11) is 0. The van der Waals surface area contributed by atoms with Crippen LogP contribution in [0.5, 0.6) is 0 Å². The van der Waals surface area contributed by atoms with Gasteiger partial charge in [0.1, 0.15) is 5.60 Å². The molecule has 2 aliphatic rings. The second-order valence-corrected chi connectivity index (χ2v) is 6.32. The smallest absolute Gasteiger partial charge is 0.410 e. The van der Waals surface area contributed by atoms with E-state index >= 15 is 0 Å². The lowest BCUT2D eigenvalue weighted by molar-refractivity contribution is -0.149. The zero-order valence-corrected chi connectivity index (χ0v) is 12.1. The van der Waals surface area contributed by atoms with Gasteiger partial charge in [0, 0.05) is 12.6 Å². The zero-order valence-electron chi connectivity index (χ0n) is 12.1. The van der Waals surface area contributed by atoms with Crippen molar-refractivity contribution in [3.63, 3.8) is 0 Å². The Bertz CT molecular complexity index is 374. The number of ether oxygens (including phenoxy) is 2. The Hall–Kier alpha value is -1.26. The molecule has 2 bridgehead atoms. The molecule has 2 rings (SSSR count). The van der Waals surface area contributed by atoms with E-state index in [1.54, 1.807) is 11.8 Å². The second kappa shape index (κ2) is 5.02. The Morgan fingerprint density at radius 2 is 1.95 bits per heavy atom. The molecule has 1 aliphatic carbocycles. The number of piperidine rings is 1. The SMILES string of the molecule is CCOC(=O)[C@H]1[C@H]2CC[C@H]1N(C(=O)OC(C)(C)C)C2. The van der Waals surface area contributed by atoms with Gasteiger partial charge in [0.2, 0.25) is 0 Å². The molecule has 1 amide bonds. The number of carbonyl (C=O) groups excluding carboxylic acids is 2. The molecule has 0 aromatic carbocycles. The van der Waals surface area contributed by atoms with Gasteiger partial charge in [-0.1, -0.05) is 0 Å². The van der Waals surface area contributed by atoms with Crippen molar-refractivity contribution >= 4 is 12.1 Å². The largest absolute Gasteiger partial charge is 0.466 e. The van der Waals surface area contributed by atoms with Gasteiger partial charge < -0.3 is 14.4 Å². The molecule has 0 aromatic heterocycles. The average Bonchev–Trinajstić information content (AvgIpc) is 2.83. The standard InChI is InChI=1S/C14H23NO4/c1-5-18-12(16)11-9-6-7-10(11)15(8-9)13(17)19-14(2,3)4/h9-11H,5-8H2,1-4H3/t9-,10+,11-/m0/s1. The van der Waals surface area contributed by atoms with Gasteiger partial charge in [-0.25, -0.2) is 4.79 Å². The molecule has 1 aliphatic heterocycles. The first kappa shape index (κ1) is 14.2. The first-order valence-corrected chi connectivity index (χ1v) is 6.99. The Kier molecular flexibility index (Phi) is 3.74. The van der Waals surface area contributed by atoms with Crippen LogP contribution in [0.15, 0.2) is 0 Å². The number of hydrogen-bond acceptors (Lipinski definition) is 4. The molecule has 0 radical (unpaired) electrons. The summed E-state index contributed by atoms with van der Waals surface area (Å²) in [6.07, 6.45) is 1.55. The first-order chi connectivity index (χ1) is 8.83. The molecular formula is C14H23NO4. The third-order valence-electron chi connectivity index (χ3n) is 3.77. The summed E-state index contributed by atoms with van der Waals surface area (Å²) >= 11 is 0. The van der Waals surface area contributed by atoms with Crippen LogP contribution in [0, 0.1) is 11.8 Å². The van der Waals surface area contributed by atoms with Gasteiger partial charge in [0.05, 0.1) is 12.5 Å². The molecule has 1 saturated heterocycles. The predicted octanol–water partition coefficient (Wildman–Crippen LogP) is 2.20. The van der Waals surface area contributed by atoms with Crippen LogP contribution in [0.4, 0.5) is 4.79 Å². The van der Waals surface area contributed by atoms with E-state index in [4.69, 9.17) is 9.47 Å². The van der Waals surface area contributed by atoms with Gasteiger partial charge in [0.25, 0.3) is 0 Å². The average molecular weight is 269 g/mol. The zero-order chi connectivity index (χ0) is 14.2. The third kappa shape index (κ3) is 2.85. The van der Waals surface area contributed by atoms with Crippen molar-refractivity contribution in [2.45, 2.75) is 52.2 Å². The molecule has 0 N–H and O–H groups in total. The highest BCUT2D eigenvalue weighted by atomic mass is 16.6. The van der Waals surface area contributed by atoms with Crippen LogP contribution in [0.3, 0.4) is 0 Å². The molecule has 108 valence electrons. The summed E-state index contributed by atoms with van der Waals surface area (Å²) in [6, 6.07) is -0.0427. The van der Waals surface area contributed by atoms with Gasteiger partial charge in [-0.05, 0) is 46.5 Å². The number of likely N-dealkylation sites (tertiary alicyclic amines) is 1. The fraction of sp³-hybridized carbons (Fsp3) is 0.857. The quantitative estimate of drug-likeness (QED) is 0.721. The highest BCUT2D eigenvalue weighted by molar-refractivity contribution is 5.77. The van der Waals surface area contributed by atoms with Crippen molar-refractivity contribution < 1.29 is 19.1 Å². The van der Waals surface area contributed by atoms with Crippen LogP contribution in [0.2, 0.25) is 0 Å². The van der Waals surface area contributed by atoms with Crippen LogP contribution in [0.1, 0.15) is 40.5 Å². The third-order valence-corrected chi connectivity index (χ3v) is 3.77. The minimum Gasteiger partial charge on any atom is -0.466 e. The van der Waals surface area contributed by atoms with E-state index in [-0.39, 0.29) is 29.9 Å². The molecule has 1 saturated carbocycles. The van der Waals surface area contributed by atoms with Crippen molar-refractivity contribution in [2.24, 2.45) is 11.8 Å². The van der Waals surface area contributed by atoms with Crippen LogP contribution in [-0.4, -0.2) is 41.8 Å². The summed E-state index contributed by atoms with van der Waals surface area (Å²) in [5, 5.41) is 0.